The van der Waals surface area contributed by atoms with Crippen molar-refractivity contribution in [2.75, 3.05) is 51.3 Å². The average molecular weight is 441 g/mol. The Bertz CT molecular complexity index is 887. The summed E-state index contributed by atoms with van der Waals surface area (Å²) in [6, 6.07) is 10.8. The highest BCUT2D eigenvalue weighted by Gasteiger charge is 2.25. The van der Waals surface area contributed by atoms with Crippen molar-refractivity contribution in [2.45, 2.75) is 32.2 Å². The summed E-state index contributed by atoms with van der Waals surface area (Å²) in [4.78, 5) is 23.7. The zero-order valence-corrected chi connectivity index (χ0v) is 18.9. The zero-order chi connectivity index (χ0) is 22.3. The summed E-state index contributed by atoms with van der Waals surface area (Å²) >= 11 is 0. The molecule has 0 spiro atoms. The van der Waals surface area contributed by atoms with Crippen LogP contribution in [-0.4, -0.2) is 67.1 Å². The molecule has 32 heavy (non-hydrogen) atoms. The van der Waals surface area contributed by atoms with Crippen LogP contribution in [0.15, 0.2) is 42.6 Å². The second-order valence-corrected chi connectivity index (χ2v) is 8.80. The van der Waals surface area contributed by atoms with E-state index in [1.807, 2.05) is 29.3 Å². The van der Waals surface area contributed by atoms with Gasteiger partial charge in [-0.1, -0.05) is 6.07 Å². The quantitative estimate of drug-likeness (QED) is 0.659. The molecule has 1 atom stereocenters. The number of carbonyl (C=O) groups is 1. The van der Waals surface area contributed by atoms with Gasteiger partial charge in [-0.05, 0) is 62.1 Å². The predicted molar refractivity (Wildman–Crippen MR) is 123 cm³/mol. The molecule has 2 aliphatic heterocycles. The molecule has 1 aromatic carbocycles. The Labute approximate surface area is 190 Å². The number of methoxy groups -OCH3 is 1. The summed E-state index contributed by atoms with van der Waals surface area (Å²) < 4.78 is 19.5. The first kappa shape index (κ1) is 22.5. The van der Waals surface area contributed by atoms with Gasteiger partial charge in [0.1, 0.15) is 17.4 Å². The van der Waals surface area contributed by atoms with Gasteiger partial charge in [0.2, 0.25) is 5.91 Å². The van der Waals surface area contributed by atoms with Crippen molar-refractivity contribution in [3.8, 4) is 5.75 Å². The molecule has 2 fully saturated rings. The van der Waals surface area contributed by atoms with Crippen LogP contribution in [0.1, 0.15) is 31.2 Å². The van der Waals surface area contributed by atoms with E-state index in [0.29, 0.717) is 30.2 Å². The number of hydrogen-bond donors (Lipinski definition) is 0. The summed E-state index contributed by atoms with van der Waals surface area (Å²) in [5, 5.41) is 0. The number of anilines is 1. The Balaban J connectivity index is 1.22. The van der Waals surface area contributed by atoms with Crippen LogP contribution in [0.4, 0.5) is 10.2 Å². The van der Waals surface area contributed by atoms with Gasteiger partial charge in [-0.2, -0.15) is 0 Å². The number of ether oxygens (including phenoxy) is 1. The van der Waals surface area contributed by atoms with Gasteiger partial charge < -0.3 is 14.5 Å². The molecule has 6 nitrogen and oxygen atoms in total. The predicted octanol–water partition coefficient (Wildman–Crippen LogP) is 3.57. The highest BCUT2D eigenvalue weighted by molar-refractivity contribution is 5.76. The molecule has 0 radical (unpaired) electrons. The van der Waals surface area contributed by atoms with Gasteiger partial charge in [-0.3, -0.25) is 9.69 Å². The lowest BCUT2D eigenvalue weighted by Gasteiger charge is -2.36. The van der Waals surface area contributed by atoms with E-state index in [0.717, 1.165) is 64.3 Å². The number of halogens is 1. The van der Waals surface area contributed by atoms with Crippen molar-refractivity contribution >= 4 is 11.7 Å². The second-order valence-electron chi connectivity index (χ2n) is 8.80. The summed E-state index contributed by atoms with van der Waals surface area (Å²) in [6.45, 7) is 5.62. The monoisotopic (exact) mass is 440 g/mol. The molecule has 0 bridgehead atoms. The van der Waals surface area contributed by atoms with Crippen molar-refractivity contribution in [3.05, 3.63) is 54.0 Å². The van der Waals surface area contributed by atoms with Gasteiger partial charge in [0.05, 0.1) is 7.11 Å². The molecular weight excluding hydrogens is 407 g/mol. The van der Waals surface area contributed by atoms with E-state index in [1.54, 1.807) is 19.2 Å². The van der Waals surface area contributed by atoms with Crippen molar-refractivity contribution in [1.82, 2.24) is 14.8 Å². The molecule has 0 aliphatic carbocycles. The summed E-state index contributed by atoms with van der Waals surface area (Å²) in [7, 11) is 1.60. The fourth-order valence-electron chi connectivity index (χ4n) is 4.78. The normalized spacial score (nSPS) is 19.8. The zero-order valence-electron chi connectivity index (χ0n) is 18.9. The number of amides is 1. The topological polar surface area (TPSA) is 48.9 Å². The SMILES string of the molecule is COc1ccc(F)c(CN2CCC[C@@H](CCC(=O)N3CCN(c4ccccn4)CC3)C2)c1. The van der Waals surface area contributed by atoms with Crippen LogP contribution in [0.3, 0.4) is 0 Å². The van der Waals surface area contributed by atoms with Gasteiger partial charge >= 0.3 is 0 Å². The third-order valence-corrected chi connectivity index (χ3v) is 6.62. The lowest BCUT2D eigenvalue weighted by molar-refractivity contribution is -0.131. The first-order chi connectivity index (χ1) is 15.6. The smallest absolute Gasteiger partial charge is 0.222 e. The van der Waals surface area contributed by atoms with Crippen LogP contribution in [-0.2, 0) is 11.3 Å². The molecular formula is C25H33FN4O2. The number of pyridine rings is 1. The van der Waals surface area contributed by atoms with Crippen LogP contribution in [0.2, 0.25) is 0 Å². The lowest BCUT2D eigenvalue weighted by Crippen LogP contribution is -2.49. The van der Waals surface area contributed by atoms with E-state index in [1.165, 1.54) is 6.07 Å². The molecule has 0 N–H and O–H groups in total. The Morgan fingerprint density at radius 2 is 2.00 bits per heavy atom. The number of carbonyl (C=O) groups excluding carboxylic acids is 1. The van der Waals surface area contributed by atoms with E-state index in [4.69, 9.17) is 4.74 Å². The number of aromatic nitrogens is 1. The number of likely N-dealkylation sites (tertiary alicyclic amines) is 1. The number of rotatable bonds is 7. The first-order valence-electron chi connectivity index (χ1n) is 11.6. The first-order valence-corrected chi connectivity index (χ1v) is 11.6. The molecule has 2 aliphatic rings. The van der Waals surface area contributed by atoms with Crippen molar-refractivity contribution in [2.24, 2.45) is 5.92 Å². The maximum atomic E-state index is 14.2. The summed E-state index contributed by atoms with van der Waals surface area (Å²) in [5.41, 5.74) is 0.673. The maximum Gasteiger partial charge on any atom is 0.222 e. The molecule has 172 valence electrons. The van der Waals surface area contributed by atoms with E-state index in [2.05, 4.69) is 14.8 Å². The average Bonchev–Trinajstić information content (AvgIpc) is 2.85. The second kappa shape index (κ2) is 10.8. The van der Waals surface area contributed by atoms with Crippen LogP contribution < -0.4 is 9.64 Å². The van der Waals surface area contributed by atoms with Crippen molar-refractivity contribution < 1.29 is 13.9 Å². The largest absolute Gasteiger partial charge is 0.497 e. The minimum Gasteiger partial charge on any atom is -0.497 e. The Hall–Kier alpha value is -2.67. The fourth-order valence-corrected chi connectivity index (χ4v) is 4.78. The standard InChI is InChI=1S/C25H33FN4O2/c1-32-22-8-9-23(26)21(17-22)19-28-12-4-5-20(18-28)7-10-25(31)30-15-13-29(14-16-30)24-6-2-3-11-27-24/h2-3,6,8-9,11,17,20H,4-5,7,10,12-16,18-19H2,1H3/t20-/m0/s1. The van der Waals surface area contributed by atoms with Crippen molar-refractivity contribution in [1.29, 1.82) is 0 Å². The Morgan fingerprint density at radius 3 is 2.75 bits per heavy atom. The van der Waals surface area contributed by atoms with E-state index in [-0.39, 0.29) is 11.7 Å². The molecule has 0 unspecified atom stereocenters. The minimum atomic E-state index is -0.187. The molecule has 3 heterocycles. The number of nitrogens with zero attached hydrogens (tertiary/aromatic N) is 4. The highest BCUT2D eigenvalue weighted by Crippen LogP contribution is 2.25. The molecule has 1 aromatic heterocycles. The van der Waals surface area contributed by atoms with Crippen LogP contribution >= 0.6 is 0 Å². The molecule has 2 aromatic rings. The van der Waals surface area contributed by atoms with Gasteiger partial charge in [0.15, 0.2) is 0 Å². The number of hydrogen-bond acceptors (Lipinski definition) is 5. The minimum absolute atomic E-state index is 0.187. The number of piperazine rings is 1. The van der Waals surface area contributed by atoms with E-state index < -0.39 is 0 Å². The maximum absolute atomic E-state index is 14.2. The van der Waals surface area contributed by atoms with E-state index >= 15 is 0 Å². The number of piperidine rings is 1. The highest BCUT2D eigenvalue weighted by atomic mass is 19.1. The third-order valence-electron chi connectivity index (χ3n) is 6.62. The lowest BCUT2D eigenvalue weighted by atomic mass is 9.92. The van der Waals surface area contributed by atoms with Gasteiger partial charge in [-0.15, -0.1) is 0 Å². The van der Waals surface area contributed by atoms with Crippen LogP contribution in [0, 0.1) is 11.7 Å². The summed E-state index contributed by atoms with van der Waals surface area (Å²) in [5.74, 6) is 2.21. The Kier molecular flexibility index (Phi) is 7.58. The van der Waals surface area contributed by atoms with Gasteiger partial charge in [-0.25, -0.2) is 9.37 Å². The van der Waals surface area contributed by atoms with Gasteiger partial charge in [0.25, 0.3) is 0 Å². The third kappa shape index (κ3) is 5.76. The van der Waals surface area contributed by atoms with Crippen LogP contribution in [0.25, 0.3) is 0 Å². The van der Waals surface area contributed by atoms with Crippen molar-refractivity contribution in [3.63, 3.8) is 0 Å². The fraction of sp³-hybridized carbons (Fsp3) is 0.520. The van der Waals surface area contributed by atoms with Crippen LogP contribution in [0.5, 0.6) is 5.75 Å². The van der Waals surface area contributed by atoms with E-state index in [9.17, 15) is 9.18 Å². The number of benzene rings is 1. The molecule has 4 rings (SSSR count). The molecule has 0 saturated carbocycles. The van der Waals surface area contributed by atoms with Gasteiger partial charge in [0, 0.05) is 57.4 Å². The molecule has 7 heteroatoms. The Morgan fingerprint density at radius 1 is 1.16 bits per heavy atom. The summed E-state index contributed by atoms with van der Waals surface area (Å²) in [6.07, 6.45) is 5.53. The molecule has 2 saturated heterocycles. The molecule has 1 amide bonds.